The number of carbonyl (C=O) groups is 1. The van der Waals surface area contributed by atoms with Crippen LogP contribution < -0.4 is 4.74 Å². The fourth-order valence-electron chi connectivity index (χ4n) is 2.40. The highest BCUT2D eigenvalue weighted by molar-refractivity contribution is 6.33. The van der Waals surface area contributed by atoms with Crippen molar-refractivity contribution >= 4 is 17.6 Å². The molecular weight excluding hydrogens is 380 g/mol. The molecule has 5 nitrogen and oxygen atoms in total. The zero-order valence-electron chi connectivity index (χ0n) is 14.2. The Morgan fingerprint density at radius 3 is 2.59 bits per heavy atom. The van der Waals surface area contributed by atoms with E-state index in [1.165, 1.54) is 49.4 Å². The van der Waals surface area contributed by atoms with Gasteiger partial charge in [-0.1, -0.05) is 22.8 Å². The van der Waals surface area contributed by atoms with Gasteiger partial charge in [0, 0.05) is 0 Å². The number of hydrogen-bond acceptors (Lipinski definition) is 5. The third-order valence-electron chi connectivity index (χ3n) is 3.67. The van der Waals surface area contributed by atoms with Gasteiger partial charge < -0.3 is 14.0 Å². The van der Waals surface area contributed by atoms with Gasteiger partial charge in [0.2, 0.25) is 0 Å². The highest BCUT2D eigenvalue weighted by Gasteiger charge is 2.26. The van der Waals surface area contributed by atoms with Crippen LogP contribution in [0.3, 0.4) is 0 Å². The molecule has 1 heterocycles. The van der Waals surface area contributed by atoms with E-state index < -0.39 is 11.8 Å². The lowest BCUT2D eigenvalue weighted by Crippen LogP contribution is -2.13. The molecule has 0 atom stereocenters. The van der Waals surface area contributed by atoms with Gasteiger partial charge in [0.15, 0.2) is 0 Å². The quantitative estimate of drug-likeness (QED) is 0.444. The van der Waals surface area contributed by atoms with Crippen LogP contribution in [0, 0.1) is 18.6 Å². The first-order valence-electron chi connectivity index (χ1n) is 7.93. The summed E-state index contributed by atoms with van der Waals surface area (Å²) in [6, 6.07) is 9.56. The summed E-state index contributed by atoms with van der Waals surface area (Å²) in [5, 5.41) is 3.84. The standard InChI is InChI=1S/C19H14ClF2NO4/c1-11-16(18(23-27-11)17-14(20)3-2-4-15(17)22)19(24)26-10-9-25-13-7-5-12(21)6-8-13/h2-8H,9-10H2,1H3. The van der Waals surface area contributed by atoms with Crippen LogP contribution in [0.15, 0.2) is 47.0 Å². The number of aryl methyl sites for hydroxylation is 1. The zero-order chi connectivity index (χ0) is 19.4. The predicted octanol–water partition coefficient (Wildman–Crippen LogP) is 4.82. The van der Waals surface area contributed by atoms with Gasteiger partial charge in [-0.15, -0.1) is 0 Å². The minimum atomic E-state index is -0.745. The molecule has 3 rings (SSSR count). The highest BCUT2D eigenvalue weighted by atomic mass is 35.5. The van der Waals surface area contributed by atoms with Crippen molar-refractivity contribution in [3.8, 4) is 17.0 Å². The molecule has 0 bridgehead atoms. The third-order valence-corrected chi connectivity index (χ3v) is 3.98. The summed E-state index contributed by atoms with van der Waals surface area (Å²) < 4.78 is 42.5. The molecule has 0 fully saturated rings. The van der Waals surface area contributed by atoms with E-state index >= 15 is 0 Å². The van der Waals surface area contributed by atoms with E-state index in [0.29, 0.717) is 5.75 Å². The van der Waals surface area contributed by atoms with E-state index in [-0.39, 0.29) is 46.6 Å². The first kappa shape index (κ1) is 18.8. The van der Waals surface area contributed by atoms with E-state index in [1.54, 1.807) is 0 Å². The average molecular weight is 394 g/mol. The van der Waals surface area contributed by atoms with E-state index in [4.69, 9.17) is 25.6 Å². The van der Waals surface area contributed by atoms with Crippen LogP contribution >= 0.6 is 11.6 Å². The smallest absolute Gasteiger partial charge is 0.344 e. The van der Waals surface area contributed by atoms with Crippen molar-refractivity contribution in [2.24, 2.45) is 0 Å². The molecule has 0 unspecified atom stereocenters. The van der Waals surface area contributed by atoms with Gasteiger partial charge in [0.1, 0.15) is 47.6 Å². The molecule has 1 aromatic heterocycles. The summed E-state index contributed by atoms with van der Waals surface area (Å²) in [7, 11) is 0. The molecule has 0 saturated heterocycles. The highest BCUT2D eigenvalue weighted by Crippen LogP contribution is 2.33. The maximum absolute atomic E-state index is 14.1. The Balaban J connectivity index is 1.68. The molecule has 2 aromatic carbocycles. The molecule has 0 saturated carbocycles. The van der Waals surface area contributed by atoms with E-state index in [0.717, 1.165) is 0 Å². The maximum Gasteiger partial charge on any atom is 0.344 e. The molecule has 3 aromatic rings. The molecule has 0 N–H and O–H groups in total. The van der Waals surface area contributed by atoms with Crippen LogP contribution in [-0.2, 0) is 4.74 Å². The number of nitrogens with zero attached hydrogens (tertiary/aromatic N) is 1. The predicted molar refractivity (Wildman–Crippen MR) is 93.8 cm³/mol. The van der Waals surface area contributed by atoms with E-state index in [2.05, 4.69) is 5.16 Å². The number of rotatable bonds is 6. The summed E-state index contributed by atoms with van der Waals surface area (Å²) in [5.74, 6) is -1.15. The minimum Gasteiger partial charge on any atom is -0.490 e. The number of carbonyl (C=O) groups excluding carboxylic acids is 1. The molecule has 27 heavy (non-hydrogen) atoms. The number of aromatic nitrogens is 1. The van der Waals surface area contributed by atoms with Gasteiger partial charge in [0.05, 0.1) is 10.6 Å². The second kappa shape index (κ2) is 8.18. The molecule has 0 aliphatic rings. The first-order chi connectivity index (χ1) is 13.0. The lowest BCUT2D eigenvalue weighted by atomic mass is 10.1. The van der Waals surface area contributed by atoms with Crippen LogP contribution in [0.2, 0.25) is 5.02 Å². The van der Waals surface area contributed by atoms with Gasteiger partial charge in [-0.05, 0) is 43.3 Å². The molecule has 0 spiro atoms. The Bertz CT molecular complexity index is 937. The number of halogens is 3. The monoisotopic (exact) mass is 393 g/mol. The molecule has 140 valence electrons. The maximum atomic E-state index is 14.1. The van der Waals surface area contributed by atoms with Gasteiger partial charge in [-0.3, -0.25) is 0 Å². The number of esters is 1. The minimum absolute atomic E-state index is 0.0104. The molecule has 0 radical (unpaired) electrons. The zero-order valence-corrected chi connectivity index (χ0v) is 14.9. The summed E-state index contributed by atoms with van der Waals surface area (Å²) in [6.45, 7) is 1.49. The Kier molecular flexibility index (Phi) is 5.71. The van der Waals surface area contributed by atoms with Crippen molar-refractivity contribution in [1.82, 2.24) is 5.16 Å². The summed E-state index contributed by atoms with van der Waals surface area (Å²) in [4.78, 5) is 12.4. The van der Waals surface area contributed by atoms with Gasteiger partial charge in [-0.25, -0.2) is 13.6 Å². The van der Waals surface area contributed by atoms with E-state index in [9.17, 15) is 13.6 Å². The second-order valence-corrected chi connectivity index (χ2v) is 5.90. The summed E-state index contributed by atoms with van der Waals surface area (Å²) in [6.07, 6.45) is 0. The fraction of sp³-hybridized carbons (Fsp3) is 0.158. The second-order valence-electron chi connectivity index (χ2n) is 5.50. The Morgan fingerprint density at radius 2 is 1.89 bits per heavy atom. The first-order valence-corrected chi connectivity index (χ1v) is 8.31. The van der Waals surface area contributed by atoms with Crippen molar-refractivity contribution in [3.05, 3.63) is 70.4 Å². The van der Waals surface area contributed by atoms with Gasteiger partial charge in [0.25, 0.3) is 0 Å². The summed E-state index contributed by atoms with van der Waals surface area (Å²) in [5.41, 5.74) is -0.0747. The Morgan fingerprint density at radius 1 is 1.15 bits per heavy atom. The van der Waals surface area contributed by atoms with Gasteiger partial charge >= 0.3 is 5.97 Å². The van der Waals surface area contributed by atoms with Crippen LogP contribution in [0.25, 0.3) is 11.3 Å². The topological polar surface area (TPSA) is 61.6 Å². The van der Waals surface area contributed by atoms with E-state index in [1.807, 2.05) is 0 Å². The number of benzene rings is 2. The lowest BCUT2D eigenvalue weighted by molar-refractivity contribution is 0.0449. The fourth-order valence-corrected chi connectivity index (χ4v) is 2.66. The van der Waals surface area contributed by atoms with Crippen LogP contribution in [-0.4, -0.2) is 24.3 Å². The SMILES string of the molecule is Cc1onc(-c2c(F)cccc2Cl)c1C(=O)OCCOc1ccc(F)cc1. The Hall–Kier alpha value is -2.93. The molecule has 8 heteroatoms. The average Bonchev–Trinajstić information content (AvgIpc) is 3.01. The number of ether oxygens (including phenoxy) is 2. The lowest BCUT2D eigenvalue weighted by Gasteiger charge is -2.08. The third kappa shape index (κ3) is 4.25. The number of hydrogen-bond donors (Lipinski definition) is 0. The van der Waals surface area contributed by atoms with Crippen molar-refractivity contribution in [1.29, 1.82) is 0 Å². The Labute approximate surface area is 158 Å². The van der Waals surface area contributed by atoms with Crippen molar-refractivity contribution in [3.63, 3.8) is 0 Å². The summed E-state index contributed by atoms with van der Waals surface area (Å²) >= 11 is 6.04. The van der Waals surface area contributed by atoms with Crippen LogP contribution in [0.5, 0.6) is 5.75 Å². The van der Waals surface area contributed by atoms with Crippen LogP contribution in [0.1, 0.15) is 16.1 Å². The molecule has 0 amide bonds. The van der Waals surface area contributed by atoms with Crippen molar-refractivity contribution < 1.29 is 27.6 Å². The largest absolute Gasteiger partial charge is 0.490 e. The van der Waals surface area contributed by atoms with Crippen molar-refractivity contribution in [2.45, 2.75) is 6.92 Å². The van der Waals surface area contributed by atoms with Crippen LogP contribution in [0.4, 0.5) is 8.78 Å². The molecule has 0 aliphatic carbocycles. The normalized spacial score (nSPS) is 10.7. The van der Waals surface area contributed by atoms with Gasteiger partial charge in [-0.2, -0.15) is 0 Å². The molecular formula is C19H14ClF2NO4. The molecule has 0 aliphatic heterocycles. The van der Waals surface area contributed by atoms with Crippen molar-refractivity contribution in [2.75, 3.05) is 13.2 Å².